The number of halogens is 1. The Morgan fingerprint density at radius 3 is 2.38 bits per heavy atom. The molecule has 0 aliphatic carbocycles. The average molecular weight is 372 g/mol. The van der Waals surface area contributed by atoms with Crippen LogP contribution in [0.3, 0.4) is 0 Å². The number of amides is 1. The summed E-state index contributed by atoms with van der Waals surface area (Å²) in [6.07, 6.45) is 0. The van der Waals surface area contributed by atoms with Crippen molar-refractivity contribution >= 4 is 28.9 Å². The third-order valence-electron chi connectivity index (χ3n) is 5.21. The topological polar surface area (TPSA) is 26.8 Å². The minimum absolute atomic E-state index is 0.128. The number of aryl methyl sites for hydroxylation is 1. The summed E-state index contributed by atoms with van der Waals surface area (Å²) in [7, 11) is 1.85. The highest BCUT2D eigenvalue weighted by molar-refractivity contribution is 6.30. The number of para-hydroxylation sites is 1. The minimum Gasteiger partial charge on any atom is -0.369 e. The van der Waals surface area contributed by atoms with Crippen LogP contribution in [0, 0.1) is 6.92 Å². The van der Waals surface area contributed by atoms with E-state index in [0.717, 1.165) is 36.9 Å². The normalized spacial score (nSPS) is 16.4. The standard InChI is InChI=1S/C21H26ClN3O/c1-16-9-10-18(22)15-20(16)25-13-11-24(12-14-25)17(2)21(26)23(3)19-7-5-4-6-8-19/h4-10,15,17H,11-14H2,1-3H3/t17-/m1/s1. The van der Waals surface area contributed by atoms with Gasteiger partial charge in [0.05, 0.1) is 6.04 Å². The second-order valence-corrected chi connectivity index (χ2v) is 7.30. The van der Waals surface area contributed by atoms with Gasteiger partial charge in [-0.3, -0.25) is 9.69 Å². The minimum atomic E-state index is -0.136. The van der Waals surface area contributed by atoms with E-state index in [0.29, 0.717) is 0 Å². The number of carbonyl (C=O) groups excluding carboxylic acids is 1. The smallest absolute Gasteiger partial charge is 0.243 e. The zero-order chi connectivity index (χ0) is 18.7. The average Bonchev–Trinajstić information content (AvgIpc) is 2.69. The number of rotatable bonds is 4. The second kappa shape index (κ2) is 8.11. The molecule has 0 bridgehead atoms. The van der Waals surface area contributed by atoms with E-state index in [-0.39, 0.29) is 11.9 Å². The first-order chi connectivity index (χ1) is 12.5. The van der Waals surface area contributed by atoms with E-state index in [1.54, 1.807) is 4.90 Å². The molecule has 2 aromatic rings. The molecule has 0 unspecified atom stereocenters. The quantitative estimate of drug-likeness (QED) is 0.817. The fourth-order valence-corrected chi connectivity index (χ4v) is 3.65. The highest BCUT2D eigenvalue weighted by atomic mass is 35.5. The van der Waals surface area contributed by atoms with E-state index >= 15 is 0 Å². The summed E-state index contributed by atoms with van der Waals surface area (Å²) in [6, 6.07) is 15.7. The van der Waals surface area contributed by atoms with E-state index in [1.807, 2.05) is 56.4 Å². The fourth-order valence-electron chi connectivity index (χ4n) is 3.49. The van der Waals surface area contributed by atoms with E-state index < -0.39 is 0 Å². The van der Waals surface area contributed by atoms with Gasteiger partial charge >= 0.3 is 0 Å². The van der Waals surface area contributed by atoms with E-state index in [2.05, 4.69) is 22.8 Å². The van der Waals surface area contributed by atoms with Crippen molar-refractivity contribution in [1.29, 1.82) is 0 Å². The molecule has 1 aliphatic rings. The number of carbonyl (C=O) groups is 1. The molecular formula is C21H26ClN3O. The van der Waals surface area contributed by atoms with Gasteiger partial charge in [-0.05, 0) is 43.7 Å². The first-order valence-electron chi connectivity index (χ1n) is 9.05. The Balaban J connectivity index is 1.62. The number of nitrogens with zero attached hydrogens (tertiary/aromatic N) is 3. The van der Waals surface area contributed by atoms with Gasteiger partial charge in [-0.15, -0.1) is 0 Å². The Kier molecular flexibility index (Phi) is 5.84. The lowest BCUT2D eigenvalue weighted by Gasteiger charge is -2.40. The Labute approximate surface area is 161 Å². The third kappa shape index (κ3) is 4.02. The van der Waals surface area contributed by atoms with Gasteiger partial charge in [-0.2, -0.15) is 0 Å². The molecule has 4 nitrogen and oxygen atoms in total. The largest absolute Gasteiger partial charge is 0.369 e. The number of hydrogen-bond acceptors (Lipinski definition) is 3. The number of anilines is 2. The summed E-state index contributed by atoms with van der Waals surface area (Å²) in [4.78, 5) is 19.2. The Morgan fingerprint density at radius 2 is 1.73 bits per heavy atom. The SMILES string of the molecule is Cc1ccc(Cl)cc1N1CCN([C@H](C)C(=O)N(C)c2ccccc2)CC1. The molecule has 0 aromatic heterocycles. The Morgan fingerprint density at radius 1 is 1.08 bits per heavy atom. The maximum Gasteiger partial charge on any atom is 0.243 e. The molecule has 1 saturated heterocycles. The van der Waals surface area contributed by atoms with Crippen molar-refractivity contribution in [3.63, 3.8) is 0 Å². The van der Waals surface area contributed by atoms with Crippen molar-refractivity contribution in [2.75, 3.05) is 43.0 Å². The Bertz CT molecular complexity index is 757. The predicted molar refractivity (Wildman–Crippen MR) is 109 cm³/mol. The van der Waals surface area contributed by atoms with Crippen LogP contribution in [0.15, 0.2) is 48.5 Å². The third-order valence-corrected chi connectivity index (χ3v) is 5.44. The van der Waals surface area contributed by atoms with Gasteiger partial charge in [0, 0.05) is 49.6 Å². The monoisotopic (exact) mass is 371 g/mol. The lowest BCUT2D eigenvalue weighted by molar-refractivity contribution is -0.123. The van der Waals surface area contributed by atoms with Crippen molar-refractivity contribution < 1.29 is 4.79 Å². The number of piperazine rings is 1. The van der Waals surface area contributed by atoms with Gasteiger partial charge in [0.15, 0.2) is 0 Å². The predicted octanol–water partition coefficient (Wildman–Crippen LogP) is 3.82. The molecule has 1 fully saturated rings. The molecule has 0 saturated carbocycles. The molecule has 1 aliphatic heterocycles. The summed E-state index contributed by atoms with van der Waals surface area (Å²) in [5.41, 5.74) is 3.35. The summed E-state index contributed by atoms with van der Waals surface area (Å²) < 4.78 is 0. The maximum absolute atomic E-state index is 12.8. The number of benzene rings is 2. The highest BCUT2D eigenvalue weighted by Crippen LogP contribution is 2.26. The highest BCUT2D eigenvalue weighted by Gasteiger charge is 2.28. The van der Waals surface area contributed by atoms with Crippen LogP contribution in [0.5, 0.6) is 0 Å². The van der Waals surface area contributed by atoms with Gasteiger partial charge < -0.3 is 9.80 Å². The molecular weight excluding hydrogens is 346 g/mol. The van der Waals surface area contributed by atoms with Crippen LogP contribution < -0.4 is 9.80 Å². The van der Waals surface area contributed by atoms with Crippen LogP contribution in [-0.4, -0.2) is 50.1 Å². The first kappa shape index (κ1) is 18.7. The molecule has 0 spiro atoms. The van der Waals surface area contributed by atoms with Crippen molar-refractivity contribution in [3.8, 4) is 0 Å². The zero-order valence-electron chi connectivity index (χ0n) is 15.7. The van der Waals surface area contributed by atoms with Crippen LogP contribution in [0.1, 0.15) is 12.5 Å². The van der Waals surface area contributed by atoms with Crippen molar-refractivity contribution in [1.82, 2.24) is 4.90 Å². The van der Waals surface area contributed by atoms with Gasteiger partial charge in [-0.1, -0.05) is 35.9 Å². The molecule has 1 atom stereocenters. The van der Waals surface area contributed by atoms with Crippen LogP contribution in [0.2, 0.25) is 5.02 Å². The summed E-state index contributed by atoms with van der Waals surface area (Å²) in [5, 5.41) is 0.765. The van der Waals surface area contributed by atoms with E-state index in [4.69, 9.17) is 11.6 Å². The van der Waals surface area contributed by atoms with Gasteiger partial charge in [0.2, 0.25) is 5.91 Å². The zero-order valence-corrected chi connectivity index (χ0v) is 16.4. The summed E-state index contributed by atoms with van der Waals surface area (Å²) in [6.45, 7) is 7.63. The van der Waals surface area contributed by atoms with Gasteiger partial charge in [-0.25, -0.2) is 0 Å². The van der Waals surface area contributed by atoms with Gasteiger partial charge in [0.25, 0.3) is 0 Å². The molecule has 3 rings (SSSR count). The van der Waals surface area contributed by atoms with E-state index in [1.165, 1.54) is 11.3 Å². The van der Waals surface area contributed by atoms with E-state index in [9.17, 15) is 4.79 Å². The first-order valence-corrected chi connectivity index (χ1v) is 9.43. The molecule has 2 aromatic carbocycles. The molecule has 138 valence electrons. The fraction of sp³-hybridized carbons (Fsp3) is 0.381. The second-order valence-electron chi connectivity index (χ2n) is 6.86. The van der Waals surface area contributed by atoms with Gasteiger partial charge in [0.1, 0.15) is 0 Å². The molecule has 0 radical (unpaired) electrons. The lowest BCUT2D eigenvalue weighted by atomic mass is 10.1. The van der Waals surface area contributed by atoms with Crippen molar-refractivity contribution in [2.24, 2.45) is 0 Å². The van der Waals surface area contributed by atoms with Crippen LogP contribution in [0.4, 0.5) is 11.4 Å². The Hall–Kier alpha value is -2.04. The van der Waals surface area contributed by atoms with Crippen molar-refractivity contribution in [3.05, 3.63) is 59.1 Å². The number of hydrogen-bond donors (Lipinski definition) is 0. The maximum atomic E-state index is 12.8. The lowest BCUT2D eigenvalue weighted by Crippen LogP contribution is -2.54. The molecule has 1 amide bonds. The molecule has 1 heterocycles. The van der Waals surface area contributed by atoms with Crippen LogP contribution >= 0.6 is 11.6 Å². The number of likely N-dealkylation sites (N-methyl/N-ethyl adjacent to an activating group) is 1. The van der Waals surface area contributed by atoms with Crippen LogP contribution in [-0.2, 0) is 4.79 Å². The molecule has 5 heteroatoms. The summed E-state index contributed by atoms with van der Waals surface area (Å²) in [5.74, 6) is 0.128. The van der Waals surface area contributed by atoms with Crippen molar-refractivity contribution in [2.45, 2.75) is 19.9 Å². The molecule has 0 N–H and O–H groups in total. The van der Waals surface area contributed by atoms with Crippen LogP contribution in [0.25, 0.3) is 0 Å². The molecule has 26 heavy (non-hydrogen) atoms. The summed E-state index contributed by atoms with van der Waals surface area (Å²) >= 11 is 6.16.